The molecule has 0 heterocycles. The van der Waals surface area contributed by atoms with Gasteiger partial charge in [0, 0.05) is 15.6 Å². The molecule has 0 aliphatic rings. The second-order valence-corrected chi connectivity index (χ2v) is 7.37. The lowest BCUT2D eigenvalue weighted by Crippen LogP contribution is -2.07. The minimum atomic E-state index is -3.78. The largest absolute Gasteiger partial charge is 0.492 e. The second kappa shape index (κ2) is 5.98. The maximum Gasteiger partial charge on any atom is 0.265 e. The lowest BCUT2D eigenvalue weighted by molar-refractivity contribution is 0.264. The van der Waals surface area contributed by atoms with Crippen LogP contribution in [0.4, 0.5) is 0 Å². The van der Waals surface area contributed by atoms with Gasteiger partial charge in [-0.15, -0.1) is 11.8 Å². The average Bonchev–Trinajstić information content (AvgIpc) is 2.24. The molecule has 0 radical (unpaired) electrons. The van der Waals surface area contributed by atoms with Crippen LogP contribution in [-0.2, 0) is 9.05 Å². The molecule has 1 rings (SSSR count). The van der Waals surface area contributed by atoms with Crippen molar-refractivity contribution < 1.29 is 13.2 Å². The van der Waals surface area contributed by atoms with E-state index in [4.69, 9.17) is 15.4 Å². The Morgan fingerprint density at radius 2 is 2.06 bits per heavy atom. The Bertz CT molecular complexity index is 483. The Kier molecular flexibility index (Phi) is 5.16. The summed E-state index contributed by atoms with van der Waals surface area (Å²) in [4.78, 5) is 0.868. The van der Waals surface area contributed by atoms with E-state index in [0.717, 1.165) is 4.90 Å². The molecule has 0 aliphatic carbocycles. The monoisotopic (exact) mass is 294 g/mol. The first-order chi connectivity index (χ1) is 7.84. The van der Waals surface area contributed by atoms with Crippen LogP contribution in [0.1, 0.15) is 13.8 Å². The molecule has 0 bridgehead atoms. The molecular weight excluding hydrogens is 280 g/mol. The molecule has 0 aliphatic heterocycles. The summed E-state index contributed by atoms with van der Waals surface area (Å²) in [5.41, 5.74) is 0. The number of rotatable bonds is 5. The standard InChI is InChI=1S/C11H15ClO3S2/c1-8(2)7-15-10-5-4-9(16-3)6-11(10)17(12,13)14/h4-6,8H,7H2,1-3H3. The summed E-state index contributed by atoms with van der Waals surface area (Å²) in [6.45, 7) is 4.44. The maximum absolute atomic E-state index is 11.4. The van der Waals surface area contributed by atoms with Crippen molar-refractivity contribution >= 4 is 31.5 Å². The van der Waals surface area contributed by atoms with E-state index in [1.807, 2.05) is 26.2 Å². The molecule has 0 spiro atoms. The topological polar surface area (TPSA) is 43.4 Å². The van der Waals surface area contributed by atoms with Crippen molar-refractivity contribution in [2.75, 3.05) is 12.9 Å². The molecule has 0 aromatic heterocycles. The van der Waals surface area contributed by atoms with Gasteiger partial charge in [-0.3, -0.25) is 0 Å². The Balaban J connectivity index is 3.12. The molecule has 1 aromatic carbocycles. The van der Waals surface area contributed by atoms with Gasteiger partial charge in [0.25, 0.3) is 9.05 Å². The first-order valence-electron chi connectivity index (χ1n) is 5.10. The normalized spacial score (nSPS) is 11.8. The molecule has 1 aromatic rings. The second-order valence-electron chi connectivity index (χ2n) is 3.96. The first kappa shape index (κ1) is 14.7. The smallest absolute Gasteiger partial charge is 0.265 e. The lowest BCUT2D eigenvalue weighted by atomic mass is 10.2. The highest BCUT2D eigenvalue weighted by Crippen LogP contribution is 2.31. The lowest BCUT2D eigenvalue weighted by Gasteiger charge is -2.12. The third-order valence-corrected chi connectivity index (χ3v) is 4.05. The molecule has 6 heteroatoms. The van der Waals surface area contributed by atoms with Gasteiger partial charge < -0.3 is 4.74 Å². The highest BCUT2D eigenvalue weighted by Gasteiger charge is 2.18. The van der Waals surface area contributed by atoms with E-state index in [9.17, 15) is 8.42 Å². The van der Waals surface area contributed by atoms with Gasteiger partial charge in [-0.25, -0.2) is 8.42 Å². The van der Waals surface area contributed by atoms with E-state index in [2.05, 4.69) is 0 Å². The summed E-state index contributed by atoms with van der Waals surface area (Å²) >= 11 is 1.45. The highest BCUT2D eigenvalue weighted by molar-refractivity contribution is 8.13. The molecule has 0 saturated heterocycles. The summed E-state index contributed by atoms with van der Waals surface area (Å²) in [6.07, 6.45) is 1.87. The van der Waals surface area contributed by atoms with E-state index in [1.54, 1.807) is 6.07 Å². The quantitative estimate of drug-likeness (QED) is 0.617. The number of thioether (sulfide) groups is 1. The molecule has 0 atom stereocenters. The van der Waals surface area contributed by atoms with Crippen LogP contribution in [0.5, 0.6) is 5.75 Å². The number of hydrogen-bond donors (Lipinski definition) is 0. The van der Waals surface area contributed by atoms with Crippen molar-refractivity contribution in [3.05, 3.63) is 18.2 Å². The van der Waals surface area contributed by atoms with Gasteiger partial charge in [0.1, 0.15) is 10.6 Å². The van der Waals surface area contributed by atoms with Crippen LogP contribution in [0.25, 0.3) is 0 Å². The van der Waals surface area contributed by atoms with Gasteiger partial charge >= 0.3 is 0 Å². The van der Waals surface area contributed by atoms with Gasteiger partial charge in [-0.2, -0.15) is 0 Å². The van der Waals surface area contributed by atoms with Crippen molar-refractivity contribution in [2.45, 2.75) is 23.6 Å². The predicted octanol–water partition coefficient (Wildman–Crippen LogP) is 3.37. The summed E-state index contributed by atoms with van der Waals surface area (Å²) < 4.78 is 28.3. The van der Waals surface area contributed by atoms with Crippen LogP contribution >= 0.6 is 22.4 Å². The zero-order valence-electron chi connectivity index (χ0n) is 9.94. The zero-order chi connectivity index (χ0) is 13.1. The van der Waals surface area contributed by atoms with Gasteiger partial charge in [-0.05, 0) is 30.4 Å². The van der Waals surface area contributed by atoms with Crippen LogP contribution < -0.4 is 4.74 Å². The van der Waals surface area contributed by atoms with E-state index in [0.29, 0.717) is 18.3 Å². The minimum absolute atomic E-state index is 0.0340. The number of ether oxygens (including phenoxy) is 1. The van der Waals surface area contributed by atoms with Gasteiger partial charge in [0.05, 0.1) is 6.61 Å². The van der Waals surface area contributed by atoms with Crippen LogP contribution in [0.15, 0.2) is 28.0 Å². The van der Waals surface area contributed by atoms with E-state index in [-0.39, 0.29) is 4.90 Å². The number of halogens is 1. The van der Waals surface area contributed by atoms with Gasteiger partial charge in [0.2, 0.25) is 0 Å². The fourth-order valence-electron chi connectivity index (χ4n) is 1.18. The predicted molar refractivity (Wildman–Crippen MR) is 71.6 cm³/mol. The van der Waals surface area contributed by atoms with Crippen molar-refractivity contribution in [3.63, 3.8) is 0 Å². The van der Waals surface area contributed by atoms with Crippen molar-refractivity contribution in [3.8, 4) is 5.75 Å². The molecule has 0 unspecified atom stereocenters. The van der Waals surface area contributed by atoms with Crippen molar-refractivity contribution in [1.82, 2.24) is 0 Å². The van der Waals surface area contributed by atoms with Crippen molar-refractivity contribution in [2.24, 2.45) is 5.92 Å². The van der Waals surface area contributed by atoms with Gasteiger partial charge in [-0.1, -0.05) is 13.8 Å². The van der Waals surface area contributed by atoms with E-state index < -0.39 is 9.05 Å². The van der Waals surface area contributed by atoms with E-state index in [1.165, 1.54) is 17.8 Å². The minimum Gasteiger partial charge on any atom is -0.492 e. The van der Waals surface area contributed by atoms with Crippen LogP contribution in [0, 0.1) is 5.92 Å². The fourth-order valence-corrected chi connectivity index (χ4v) is 2.69. The molecule has 0 amide bonds. The highest BCUT2D eigenvalue weighted by atomic mass is 35.7. The summed E-state index contributed by atoms with van der Waals surface area (Å²) in [5, 5.41) is 0. The van der Waals surface area contributed by atoms with Gasteiger partial charge in [0.15, 0.2) is 0 Å². The van der Waals surface area contributed by atoms with E-state index >= 15 is 0 Å². The first-order valence-corrected chi connectivity index (χ1v) is 8.63. The SMILES string of the molecule is CSc1ccc(OCC(C)C)c(S(=O)(=O)Cl)c1. The Hall–Kier alpha value is -0.390. The molecule has 17 heavy (non-hydrogen) atoms. The molecule has 0 saturated carbocycles. The van der Waals surface area contributed by atoms with Crippen LogP contribution in [0.3, 0.4) is 0 Å². The molecule has 0 N–H and O–H groups in total. The molecule has 0 fully saturated rings. The maximum atomic E-state index is 11.4. The average molecular weight is 295 g/mol. The zero-order valence-corrected chi connectivity index (χ0v) is 12.3. The fraction of sp³-hybridized carbons (Fsp3) is 0.455. The third kappa shape index (κ3) is 4.41. The molecule has 96 valence electrons. The number of hydrogen-bond acceptors (Lipinski definition) is 4. The number of benzene rings is 1. The molecule has 3 nitrogen and oxygen atoms in total. The summed E-state index contributed by atoms with van der Waals surface area (Å²) in [6, 6.07) is 4.98. The van der Waals surface area contributed by atoms with Crippen LogP contribution in [0.2, 0.25) is 0 Å². The molecular formula is C11H15ClO3S2. The Morgan fingerprint density at radius 3 is 2.53 bits per heavy atom. The Morgan fingerprint density at radius 1 is 1.41 bits per heavy atom. The summed E-state index contributed by atoms with van der Waals surface area (Å²) in [5.74, 6) is 0.632. The summed E-state index contributed by atoms with van der Waals surface area (Å²) in [7, 11) is 1.61. The van der Waals surface area contributed by atoms with Crippen LogP contribution in [-0.4, -0.2) is 21.3 Å². The third-order valence-electron chi connectivity index (χ3n) is 1.99. The Labute approximate surface area is 111 Å². The van der Waals surface area contributed by atoms with Crippen molar-refractivity contribution in [1.29, 1.82) is 0 Å².